The molecule has 1 N–H and O–H groups in total. The quantitative estimate of drug-likeness (QED) is 0.751. The number of nitrogens with zero attached hydrogens (tertiary/aromatic N) is 1. The molecule has 6 nitrogen and oxygen atoms in total. The van der Waals surface area contributed by atoms with Gasteiger partial charge in [0.05, 0.1) is 4.90 Å². The fourth-order valence-corrected chi connectivity index (χ4v) is 3.46. The average Bonchev–Trinajstić information content (AvgIpc) is 3.30. The van der Waals surface area contributed by atoms with E-state index in [1.54, 1.807) is 29.2 Å². The van der Waals surface area contributed by atoms with E-state index in [0.29, 0.717) is 13.0 Å². The molecular formula is C18H28N2O4S. The van der Waals surface area contributed by atoms with Crippen LogP contribution in [0, 0.1) is 6.92 Å². The van der Waals surface area contributed by atoms with Crippen LogP contribution in [0.4, 0.5) is 4.79 Å². The molecule has 1 aliphatic rings. The van der Waals surface area contributed by atoms with Crippen LogP contribution in [0.15, 0.2) is 29.2 Å². The van der Waals surface area contributed by atoms with Crippen molar-refractivity contribution in [2.75, 3.05) is 13.1 Å². The van der Waals surface area contributed by atoms with E-state index in [2.05, 4.69) is 4.72 Å². The lowest BCUT2D eigenvalue weighted by Gasteiger charge is -2.27. The van der Waals surface area contributed by atoms with Crippen LogP contribution >= 0.6 is 0 Å². The van der Waals surface area contributed by atoms with Crippen molar-refractivity contribution in [2.45, 2.75) is 63.5 Å². The Hall–Kier alpha value is -1.60. The SMILES string of the molecule is Cc1ccc(S(=O)(=O)NCCCN(C(=O)OC(C)(C)C)C2CC2)cc1. The summed E-state index contributed by atoms with van der Waals surface area (Å²) in [7, 11) is -3.51. The van der Waals surface area contributed by atoms with Gasteiger partial charge >= 0.3 is 6.09 Å². The molecule has 1 aromatic rings. The van der Waals surface area contributed by atoms with Crippen molar-refractivity contribution in [1.29, 1.82) is 0 Å². The summed E-state index contributed by atoms with van der Waals surface area (Å²) in [6.45, 7) is 8.19. The zero-order valence-corrected chi connectivity index (χ0v) is 16.2. The number of carbonyl (C=O) groups is 1. The maximum Gasteiger partial charge on any atom is 0.410 e. The highest BCUT2D eigenvalue weighted by molar-refractivity contribution is 7.89. The number of hydrogen-bond acceptors (Lipinski definition) is 4. The lowest BCUT2D eigenvalue weighted by Crippen LogP contribution is -2.39. The van der Waals surface area contributed by atoms with E-state index in [9.17, 15) is 13.2 Å². The molecule has 2 rings (SSSR count). The first-order valence-corrected chi connectivity index (χ1v) is 10.1. The van der Waals surface area contributed by atoms with Gasteiger partial charge in [-0.25, -0.2) is 17.9 Å². The van der Waals surface area contributed by atoms with Gasteiger partial charge in [-0.1, -0.05) is 17.7 Å². The van der Waals surface area contributed by atoms with Gasteiger partial charge in [-0.05, 0) is 59.1 Å². The van der Waals surface area contributed by atoms with Crippen LogP contribution in [0.25, 0.3) is 0 Å². The van der Waals surface area contributed by atoms with Crippen LogP contribution in [0.5, 0.6) is 0 Å². The smallest absolute Gasteiger partial charge is 0.410 e. The van der Waals surface area contributed by atoms with Gasteiger partial charge in [0.15, 0.2) is 0 Å². The molecule has 1 aliphatic carbocycles. The Morgan fingerprint density at radius 1 is 1.24 bits per heavy atom. The normalized spacial score (nSPS) is 15.0. The second-order valence-electron chi connectivity index (χ2n) is 7.47. The van der Waals surface area contributed by atoms with E-state index in [1.807, 2.05) is 27.7 Å². The third-order valence-electron chi connectivity index (χ3n) is 3.81. The predicted molar refractivity (Wildman–Crippen MR) is 96.9 cm³/mol. The van der Waals surface area contributed by atoms with Crippen molar-refractivity contribution in [2.24, 2.45) is 0 Å². The van der Waals surface area contributed by atoms with E-state index < -0.39 is 15.6 Å². The molecule has 0 atom stereocenters. The summed E-state index contributed by atoms with van der Waals surface area (Å²) in [6.07, 6.45) is 2.18. The number of amides is 1. The third-order valence-corrected chi connectivity index (χ3v) is 5.29. The molecular weight excluding hydrogens is 340 g/mol. The van der Waals surface area contributed by atoms with Gasteiger partial charge in [0.1, 0.15) is 5.60 Å². The fraction of sp³-hybridized carbons (Fsp3) is 0.611. The summed E-state index contributed by atoms with van der Waals surface area (Å²) in [4.78, 5) is 14.2. The first-order chi connectivity index (χ1) is 11.6. The summed E-state index contributed by atoms with van der Waals surface area (Å²) in [5.74, 6) is 0. The Kier molecular flexibility index (Phi) is 6.11. The van der Waals surface area contributed by atoms with Gasteiger partial charge < -0.3 is 9.64 Å². The van der Waals surface area contributed by atoms with Gasteiger partial charge in [0, 0.05) is 19.1 Å². The monoisotopic (exact) mass is 368 g/mol. The van der Waals surface area contributed by atoms with Crippen molar-refractivity contribution in [3.63, 3.8) is 0 Å². The van der Waals surface area contributed by atoms with Crippen LogP contribution < -0.4 is 4.72 Å². The second-order valence-corrected chi connectivity index (χ2v) is 9.24. The van der Waals surface area contributed by atoms with Gasteiger partial charge in [-0.3, -0.25) is 0 Å². The number of rotatable bonds is 7. The minimum absolute atomic E-state index is 0.226. The summed E-state index contributed by atoms with van der Waals surface area (Å²) in [5, 5.41) is 0. The molecule has 7 heteroatoms. The molecule has 0 saturated heterocycles. The van der Waals surface area contributed by atoms with E-state index in [-0.39, 0.29) is 23.6 Å². The standard InChI is InChI=1S/C18H28N2O4S/c1-14-6-10-16(11-7-14)25(22,23)19-12-5-13-20(15-8-9-15)17(21)24-18(2,3)4/h6-7,10-11,15,19H,5,8-9,12-13H2,1-4H3. The molecule has 0 aromatic heterocycles. The lowest BCUT2D eigenvalue weighted by atomic mass is 10.2. The number of carbonyl (C=O) groups excluding carboxylic acids is 1. The van der Waals surface area contributed by atoms with Crippen LogP contribution in [0.3, 0.4) is 0 Å². The number of sulfonamides is 1. The Labute approximate surface area is 150 Å². The van der Waals surface area contributed by atoms with Gasteiger partial charge in [-0.2, -0.15) is 0 Å². The van der Waals surface area contributed by atoms with Crippen LogP contribution in [-0.2, 0) is 14.8 Å². The number of ether oxygens (including phenoxy) is 1. The largest absolute Gasteiger partial charge is 0.444 e. The van der Waals surface area contributed by atoms with Crippen molar-refractivity contribution >= 4 is 16.1 Å². The first-order valence-electron chi connectivity index (χ1n) is 8.64. The van der Waals surface area contributed by atoms with E-state index in [4.69, 9.17) is 4.74 Å². The maximum absolute atomic E-state index is 12.2. The molecule has 0 bridgehead atoms. The highest BCUT2D eigenvalue weighted by atomic mass is 32.2. The Morgan fingerprint density at radius 2 is 1.84 bits per heavy atom. The lowest BCUT2D eigenvalue weighted by molar-refractivity contribution is 0.0232. The molecule has 0 unspecified atom stereocenters. The van der Waals surface area contributed by atoms with Gasteiger partial charge in [-0.15, -0.1) is 0 Å². The third kappa shape index (κ3) is 6.32. The van der Waals surface area contributed by atoms with Crippen molar-refractivity contribution in [1.82, 2.24) is 9.62 Å². The van der Waals surface area contributed by atoms with Gasteiger partial charge in [0.2, 0.25) is 10.0 Å². The molecule has 1 aromatic carbocycles. The van der Waals surface area contributed by atoms with Crippen molar-refractivity contribution in [3.05, 3.63) is 29.8 Å². The topological polar surface area (TPSA) is 75.7 Å². The van der Waals surface area contributed by atoms with E-state index >= 15 is 0 Å². The molecule has 0 radical (unpaired) electrons. The van der Waals surface area contributed by atoms with E-state index in [1.165, 1.54) is 0 Å². The van der Waals surface area contributed by atoms with Crippen LogP contribution in [0.2, 0.25) is 0 Å². The number of hydrogen-bond donors (Lipinski definition) is 1. The highest BCUT2D eigenvalue weighted by Crippen LogP contribution is 2.28. The molecule has 0 spiro atoms. The summed E-state index contributed by atoms with van der Waals surface area (Å²) in [5.41, 5.74) is 0.480. The Bertz CT molecular complexity index is 689. The fourth-order valence-electron chi connectivity index (χ4n) is 2.39. The van der Waals surface area contributed by atoms with Crippen LogP contribution in [0.1, 0.15) is 45.6 Å². The molecule has 1 amide bonds. The summed E-state index contributed by atoms with van der Waals surface area (Å²) >= 11 is 0. The maximum atomic E-state index is 12.2. The number of aryl methyl sites for hydroxylation is 1. The predicted octanol–water partition coefficient (Wildman–Crippen LogP) is 3.06. The Morgan fingerprint density at radius 3 is 2.36 bits per heavy atom. The minimum atomic E-state index is -3.51. The zero-order chi connectivity index (χ0) is 18.7. The highest BCUT2D eigenvalue weighted by Gasteiger charge is 2.34. The van der Waals surface area contributed by atoms with Crippen LogP contribution in [-0.4, -0.2) is 44.1 Å². The number of nitrogens with one attached hydrogen (secondary N) is 1. The molecule has 0 aliphatic heterocycles. The number of benzene rings is 1. The van der Waals surface area contributed by atoms with Gasteiger partial charge in [0.25, 0.3) is 0 Å². The molecule has 1 fully saturated rings. The molecule has 140 valence electrons. The average molecular weight is 368 g/mol. The molecule has 0 heterocycles. The summed E-state index contributed by atoms with van der Waals surface area (Å²) in [6, 6.07) is 6.95. The summed E-state index contributed by atoms with van der Waals surface area (Å²) < 4.78 is 32.5. The van der Waals surface area contributed by atoms with Crippen molar-refractivity contribution < 1.29 is 17.9 Å². The zero-order valence-electron chi connectivity index (χ0n) is 15.4. The molecule has 1 saturated carbocycles. The molecule has 25 heavy (non-hydrogen) atoms. The van der Waals surface area contributed by atoms with Crippen molar-refractivity contribution in [3.8, 4) is 0 Å². The Balaban J connectivity index is 1.84. The second kappa shape index (κ2) is 7.74. The van der Waals surface area contributed by atoms with E-state index in [0.717, 1.165) is 18.4 Å². The minimum Gasteiger partial charge on any atom is -0.444 e. The first kappa shape index (κ1) is 19.7.